The fourth-order valence-electron chi connectivity index (χ4n) is 0.342. The van der Waals surface area contributed by atoms with Crippen LogP contribution >= 0.6 is 15.9 Å². The maximum absolute atomic E-state index is 8.06. The molecule has 62 valence electrons. The molecule has 1 aromatic heterocycles. The zero-order chi connectivity index (χ0) is 8.69. The lowest BCUT2D eigenvalue weighted by molar-refractivity contribution is 0.216. The second-order valence-corrected chi connectivity index (χ2v) is 3.06. The number of halogens is 1. The van der Waals surface area contributed by atoms with E-state index in [1.54, 1.807) is 20.0 Å². The number of nitrogens with zero attached hydrogens (tertiary/aromatic N) is 1. The van der Waals surface area contributed by atoms with Crippen molar-refractivity contribution in [2.24, 2.45) is 0 Å². The van der Waals surface area contributed by atoms with E-state index in [9.17, 15) is 0 Å². The summed E-state index contributed by atoms with van der Waals surface area (Å²) in [6, 6.07) is 5.70. The van der Waals surface area contributed by atoms with Gasteiger partial charge in [0.05, 0.1) is 0 Å². The third kappa shape index (κ3) is 9.59. The van der Waals surface area contributed by atoms with Crippen molar-refractivity contribution in [1.82, 2.24) is 4.98 Å². The maximum atomic E-state index is 8.06. The summed E-state index contributed by atoms with van der Waals surface area (Å²) in [6.07, 6.45) is 1.57. The van der Waals surface area contributed by atoms with E-state index in [1.165, 1.54) is 0 Å². The molecule has 0 fully saturated rings. The highest BCUT2D eigenvalue weighted by Gasteiger charge is 1.75. The Labute approximate surface area is 75.4 Å². The van der Waals surface area contributed by atoms with E-state index in [0.717, 1.165) is 4.60 Å². The van der Waals surface area contributed by atoms with Crippen molar-refractivity contribution in [3.63, 3.8) is 0 Å². The van der Waals surface area contributed by atoms with Gasteiger partial charge in [0.2, 0.25) is 0 Å². The molecule has 1 N–H and O–H groups in total. The van der Waals surface area contributed by atoms with Crippen LogP contribution in [-0.4, -0.2) is 16.2 Å². The average Bonchev–Trinajstić information content (AvgIpc) is 1.87. The quantitative estimate of drug-likeness (QED) is 0.677. The Morgan fingerprint density at radius 3 is 2.18 bits per heavy atom. The smallest absolute Gasteiger partial charge is 0.106 e. The summed E-state index contributed by atoms with van der Waals surface area (Å²) in [4.78, 5) is 3.90. The first kappa shape index (κ1) is 10.6. The number of aliphatic hydroxyl groups excluding tert-OH is 1. The molecule has 0 aromatic carbocycles. The monoisotopic (exact) mass is 217 g/mol. The van der Waals surface area contributed by atoms with Crippen LogP contribution < -0.4 is 0 Å². The van der Waals surface area contributed by atoms with Crippen molar-refractivity contribution < 1.29 is 5.11 Å². The number of aromatic nitrogens is 1. The van der Waals surface area contributed by atoms with E-state index in [0.29, 0.717) is 0 Å². The summed E-state index contributed by atoms with van der Waals surface area (Å²) < 4.78 is 0.884. The van der Waals surface area contributed by atoms with Crippen molar-refractivity contribution in [2.45, 2.75) is 20.0 Å². The van der Waals surface area contributed by atoms with Crippen LogP contribution in [0, 0.1) is 0 Å². The minimum atomic E-state index is -0.167. The molecular formula is C8H12BrNO. The van der Waals surface area contributed by atoms with Gasteiger partial charge in [0.15, 0.2) is 0 Å². The van der Waals surface area contributed by atoms with Crippen molar-refractivity contribution >= 4 is 15.9 Å². The Morgan fingerprint density at radius 2 is 2.00 bits per heavy atom. The first-order valence-electron chi connectivity index (χ1n) is 3.37. The summed E-state index contributed by atoms with van der Waals surface area (Å²) in [7, 11) is 0. The molecule has 1 heterocycles. The molecule has 0 saturated heterocycles. The lowest BCUT2D eigenvalue weighted by Crippen LogP contribution is -1.85. The molecule has 1 aromatic rings. The minimum absolute atomic E-state index is 0.167. The highest BCUT2D eigenvalue weighted by molar-refractivity contribution is 9.10. The Morgan fingerprint density at radius 1 is 1.45 bits per heavy atom. The van der Waals surface area contributed by atoms with E-state index in [1.807, 2.05) is 18.2 Å². The first-order valence-corrected chi connectivity index (χ1v) is 4.17. The number of rotatable bonds is 0. The molecule has 0 radical (unpaired) electrons. The number of pyridine rings is 1. The van der Waals surface area contributed by atoms with Crippen LogP contribution in [0.5, 0.6) is 0 Å². The largest absolute Gasteiger partial charge is 0.394 e. The van der Waals surface area contributed by atoms with Crippen molar-refractivity contribution in [2.75, 3.05) is 0 Å². The predicted molar refractivity (Wildman–Crippen MR) is 49.3 cm³/mol. The summed E-state index contributed by atoms with van der Waals surface area (Å²) in [5.41, 5.74) is 0. The maximum Gasteiger partial charge on any atom is 0.106 e. The highest BCUT2D eigenvalue weighted by Crippen LogP contribution is 2.00. The Bertz CT molecular complexity index is 174. The standard InChI is InChI=1S/C5H4BrN.C3H8O/c6-5-3-1-2-4-7-5;1-3(2)4/h1-4H;3-4H,1-2H3. The van der Waals surface area contributed by atoms with Crippen LogP contribution in [0.2, 0.25) is 0 Å². The fourth-order valence-corrected chi connectivity index (χ4v) is 0.613. The third-order valence-corrected chi connectivity index (χ3v) is 1.10. The minimum Gasteiger partial charge on any atom is -0.394 e. The number of aliphatic hydroxyl groups is 1. The summed E-state index contributed by atoms with van der Waals surface area (Å²) in [6.45, 7) is 3.44. The summed E-state index contributed by atoms with van der Waals surface area (Å²) in [5, 5.41) is 8.06. The van der Waals surface area contributed by atoms with Crippen LogP contribution in [-0.2, 0) is 0 Å². The second-order valence-electron chi connectivity index (χ2n) is 2.25. The van der Waals surface area contributed by atoms with Gasteiger partial charge in [0.25, 0.3) is 0 Å². The van der Waals surface area contributed by atoms with Gasteiger partial charge in [-0.05, 0) is 41.9 Å². The first-order chi connectivity index (χ1) is 5.13. The van der Waals surface area contributed by atoms with Crippen LogP contribution in [0.15, 0.2) is 29.0 Å². The van der Waals surface area contributed by atoms with Crippen molar-refractivity contribution in [3.05, 3.63) is 29.0 Å². The molecule has 0 aliphatic carbocycles. The number of hydrogen-bond acceptors (Lipinski definition) is 2. The molecule has 0 amide bonds. The van der Waals surface area contributed by atoms with E-state index >= 15 is 0 Å². The molecule has 3 heteroatoms. The predicted octanol–water partition coefficient (Wildman–Crippen LogP) is 2.23. The van der Waals surface area contributed by atoms with Gasteiger partial charge < -0.3 is 5.11 Å². The van der Waals surface area contributed by atoms with E-state index < -0.39 is 0 Å². The van der Waals surface area contributed by atoms with Gasteiger partial charge in [-0.2, -0.15) is 0 Å². The van der Waals surface area contributed by atoms with Gasteiger partial charge in [-0.1, -0.05) is 6.07 Å². The van der Waals surface area contributed by atoms with Crippen LogP contribution in [0.25, 0.3) is 0 Å². The lowest BCUT2D eigenvalue weighted by Gasteiger charge is -1.80. The van der Waals surface area contributed by atoms with Gasteiger partial charge in [-0.3, -0.25) is 0 Å². The zero-order valence-corrected chi connectivity index (χ0v) is 8.25. The molecule has 0 bridgehead atoms. The molecule has 0 unspecified atom stereocenters. The highest BCUT2D eigenvalue weighted by atomic mass is 79.9. The molecule has 0 aliphatic rings. The van der Waals surface area contributed by atoms with E-state index in [-0.39, 0.29) is 6.10 Å². The zero-order valence-electron chi connectivity index (χ0n) is 6.66. The van der Waals surface area contributed by atoms with Crippen molar-refractivity contribution in [1.29, 1.82) is 0 Å². The van der Waals surface area contributed by atoms with Crippen LogP contribution in [0.3, 0.4) is 0 Å². The van der Waals surface area contributed by atoms with Crippen LogP contribution in [0.4, 0.5) is 0 Å². The third-order valence-electron chi connectivity index (χ3n) is 0.629. The molecule has 0 aliphatic heterocycles. The molecule has 0 saturated carbocycles. The van der Waals surface area contributed by atoms with Gasteiger partial charge in [0, 0.05) is 12.3 Å². The molecule has 1 rings (SSSR count). The molecule has 0 atom stereocenters. The van der Waals surface area contributed by atoms with Gasteiger partial charge in [-0.25, -0.2) is 4.98 Å². The Kier molecular flexibility index (Phi) is 6.07. The Hall–Kier alpha value is -0.410. The van der Waals surface area contributed by atoms with Gasteiger partial charge in [0.1, 0.15) is 4.60 Å². The van der Waals surface area contributed by atoms with E-state index in [4.69, 9.17) is 5.11 Å². The Balaban J connectivity index is 0.000000218. The molecular weight excluding hydrogens is 206 g/mol. The fraction of sp³-hybridized carbons (Fsp3) is 0.375. The number of hydrogen-bond donors (Lipinski definition) is 1. The van der Waals surface area contributed by atoms with Gasteiger partial charge in [-0.15, -0.1) is 0 Å². The molecule has 2 nitrogen and oxygen atoms in total. The van der Waals surface area contributed by atoms with Gasteiger partial charge >= 0.3 is 0 Å². The topological polar surface area (TPSA) is 33.1 Å². The van der Waals surface area contributed by atoms with Crippen molar-refractivity contribution in [3.8, 4) is 0 Å². The SMILES string of the molecule is Brc1ccccn1.CC(C)O. The molecule has 0 spiro atoms. The summed E-state index contributed by atoms with van der Waals surface area (Å²) in [5.74, 6) is 0. The second kappa shape index (κ2) is 6.31. The summed E-state index contributed by atoms with van der Waals surface area (Å²) >= 11 is 3.20. The normalized spacial score (nSPS) is 8.82. The lowest BCUT2D eigenvalue weighted by atomic mass is 10.5. The van der Waals surface area contributed by atoms with Crippen LogP contribution in [0.1, 0.15) is 13.8 Å². The molecule has 11 heavy (non-hydrogen) atoms. The van der Waals surface area contributed by atoms with E-state index in [2.05, 4.69) is 20.9 Å². The average molecular weight is 218 g/mol.